The Morgan fingerprint density at radius 1 is 0.720 bits per heavy atom. The van der Waals surface area contributed by atoms with E-state index in [9.17, 15) is 43.9 Å². The molecule has 0 bridgehead atoms. The van der Waals surface area contributed by atoms with Crippen molar-refractivity contribution in [2.75, 3.05) is 0 Å². The number of benzene rings is 2. The van der Waals surface area contributed by atoms with Crippen molar-refractivity contribution in [1.82, 2.24) is 0 Å². The zero-order valence-electron chi connectivity index (χ0n) is 11.5. The highest BCUT2D eigenvalue weighted by Crippen LogP contribution is 2.38. The molecule has 0 atom stereocenters. The summed E-state index contributed by atoms with van der Waals surface area (Å²) in [5, 5.41) is 0. The molecular weight excluding hydrogens is 374 g/mol. The lowest BCUT2D eigenvalue weighted by atomic mass is 10.0. The van der Waals surface area contributed by atoms with Crippen molar-refractivity contribution in [2.24, 2.45) is 0 Å². The molecule has 0 amide bonds. The first-order chi connectivity index (χ1) is 11.4. The van der Waals surface area contributed by atoms with Crippen LogP contribution in [0.1, 0.15) is 5.56 Å². The fourth-order valence-electron chi connectivity index (χ4n) is 1.94. The SMILES string of the molecule is Fc1c(F)c(F)c(-c2cc(OC(F)F)cc(C(F)(F)F)c2)c(F)c1F. The van der Waals surface area contributed by atoms with E-state index < -0.39 is 64.3 Å². The normalized spacial score (nSPS) is 12.0. The lowest BCUT2D eigenvalue weighted by molar-refractivity contribution is -0.138. The molecule has 0 aliphatic rings. The molecule has 0 aliphatic heterocycles. The highest BCUT2D eigenvalue weighted by Gasteiger charge is 2.33. The molecule has 11 heteroatoms. The van der Waals surface area contributed by atoms with Crippen LogP contribution in [0.5, 0.6) is 5.75 Å². The van der Waals surface area contributed by atoms with E-state index in [1.807, 2.05) is 0 Å². The van der Waals surface area contributed by atoms with Crippen LogP contribution >= 0.6 is 0 Å². The Morgan fingerprint density at radius 2 is 1.20 bits per heavy atom. The largest absolute Gasteiger partial charge is 0.435 e. The quantitative estimate of drug-likeness (QED) is 0.380. The van der Waals surface area contributed by atoms with Crippen molar-refractivity contribution in [3.05, 3.63) is 52.8 Å². The third kappa shape index (κ3) is 3.64. The first kappa shape index (κ1) is 18.9. The molecule has 2 aromatic rings. The lowest BCUT2D eigenvalue weighted by Crippen LogP contribution is -2.09. The second-order valence-corrected chi connectivity index (χ2v) is 4.57. The highest BCUT2D eigenvalue weighted by molar-refractivity contribution is 5.68. The summed E-state index contributed by atoms with van der Waals surface area (Å²) in [4.78, 5) is 0. The van der Waals surface area contributed by atoms with Gasteiger partial charge in [0.25, 0.3) is 0 Å². The van der Waals surface area contributed by atoms with E-state index >= 15 is 0 Å². The Hall–Kier alpha value is -2.46. The molecule has 0 N–H and O–H groups in total. The van der Waals surface area contributed by atoms with Crippen LogP contribution in [-0.2, 0) is 6.18 Å². The van der Waals surface area contributed by atoms with E-state index in [0.717, 1.165) is 0 Å². The Balaban J connectivity index is 2.79. The maximum atomic E-state index is 13.7. The molecular formula is C14H4F10O. The summed E-state index contributed by atoms with van der Waals surface area (Å²) in [5.74, 6) is -13.3. The molecule has 0 fully saturated rings. The van der Waals surface area contributed by atoms with Crippen LogP contribution in [0.4, 0.5) is 43.9 Å². The third-order valence-corrected chi connectivity index (χ3v) is 2.96. The Labute approximate surface area is 132 Å². The van der Waals surface area contributed by atoms with Crippen LogP contribution in [0.25, 0.3) is 11.1 Å². The molecule has 2 rings (SSSR count). The smallest absolute Gasteiger partial charge is 0.416 e. The van der Waals surface area contributed by atoms with Crippen LogP contribution in [0.2, 0.25) is 0 Å². The monoisotopic (exact) mass is 378 g/mol. The van der Waals surface area contributed by atoms with Gasteiger partial charge in [0.15, 0.2) is 23.3 Å². The lowest BCUT2D eigenvalue weighted by Gasteiger charge is -2.14. The van der Waals surface area contributed by atoms with E-state index in [4.69, 9.17) is 0 Å². The minimum Gasteiger partial charge on any atom is -0.435 e. The van der Waals surface area contributed by atoms with Gasteiger partial charge in [-0.15, -0.1) is 0 Å². The highest BCUT2D eigenvalue weighted by atomic mass is 19.4. The molecule has 0 saturated carbocycles. The van der Waals surface area contributed by atoms with Crippen molar-refractivity contribution in [1.29, 1.82) is 0 Å². The minimum absolute atomic E-state index is 0.0383. The maximum absolute atomic E-state index is 13.7. The van der Waals surface area contributed by atoms with E-state index in [1.54, 1.807) is 0 Å². The Kier molecular flexibility index (Phi) is 4.87. The number of alkyl halides is 5. The molecule has 0 spiro atoms. The zero-order chi connectivity index (χ0) is 19.1. The fraction of sp³-hybridized carbons (Fsp3) is 0.143. The van der Waals surface area contributed by atoms with Gasteiger partial charge in [-0.2, -0.15) is 22.0 Å². The molecule has 0 unspecified atom stereocenters. The molecule has 0 aromatic heterocycles. The van der Waals surface area contributed by atoms with Crippen molar-refractivity contribution in [3.63, 3.8) is 0 Å². The first-order valence-corrected chi connectivity index (χ1v) is 6.12. The molecule has 1 nitrogen and oxygen atoms in total. The first-order valence-electron chi connectivity index (χ1n) is 6.12. The molecule has 0 heterocycles. The minimum atomic E-state index is -5.17. The van der Waals surface area contributed by atoms with Crippen molar-refractivity contribution < 1.29 is 48.6 Å². The average molecular weight is 378 g/mol. The van der Waals surface area contributed by atoms with Gasteiger partial charge in [-0.25, -0.2) is 22.0 Å². The van der Waals surface area contributed by atoms with Crippen LogP contribution in [0, 0.1) is 29.1 Å². The summed E-state index contributed by atoms with van der Waals surface area (Å²) in [7, 11) is 0. The molecule has 136 valence electrons. The summed E-state index contributed by atoms with van der Waals surface area (Å²) >= 11 is 0. The third-order valence-electron chi connectivity index (χ3n) is 2.96. The van der Waals surface area contributed by atoms with Gasteiger partial charge < -0.3 is 4.74 Å². The van der Waals surface area contributed by atoms with Gasteiger partial charge in [-0.1, -0.05) is 0 Å². The van der Waals surface area contributed by atoms with Gasteiger partial charge >= 0.3 is 12.8 Å². The van der Waals surface area contributed by atoms with Crippen molar-refractivity contribution >= 4 is 0 Å². The number of hydrogen-bond acceptors (Lipinski definition) is 1. The van der Waals surface area contributed by atoms with Gasteiger partial charge in [-0.3, -0.25) is 0 Å². The van der Waals surface area contributed by atoms with Gasteiger partial charge in [-0.05, 0) is 23.8 Å². The Bertz CT molecular complexity index is 783. The standard InChI is InChI=1S/C14H4F10O/c15-8-7(9(16)11(18)12(19)10(8)17)4-1-5(14(22,23)24)3-6(2-4)25-13(20)21/h1-3,13H. The predicted molar refractivity (Wildman–Crippen MR) is 63.3 cm³/mol. The second kappa shape index (κ2) is 6.45. The van der Waals surface area contributed by atoms with Crippen LogP contribution in [-0.4, -0.2) is 6.61 Å². The van der Waals surface area contributed by atoms with Crippen LogP contribution in [0.3, 0.4) is 0 Å². The predicted octanol–water partition coefficient (Wildman–Crippen LogP) is 5.67. The summed E-state index contributed by atoms with van der Waals surface area (Å²) in [6, 6.07) is 0.415. The number of ether oxygens (including phenoxy) is 1. The average Bonchev–Trinajstić information content (AvgIpc) is 2.49. The second-order valence-electron chi connectivity index (χ2n) is 4.57. The molecule has 0 saturated heterocycles. The number of halogens is 10. The van der Waals surface area contributed by atoms with Crippen molar-refractivity contribution in [3.8, 4) is 16.9 Å². The van der Waals surface area contributed by atoms with Gasteiger partial charge in [0.05, 0.1) is 11.1 Å². The number of hydrogen-bond donors (Lipinski definition) is 0. The Morgan fingerprint density at radius 3 is 1.64 bits per heavy atom. The summed E-state index contributed by atoms with van der Waals surface area (Å²) in [6.07, 6.45) is -5.17. The number of rotatable bonds is 3. The topological polar surface area (TPSA) is 9.23 Å². The summed E-state index contributed by atoms with van der Waals surface area (Å²) < 4.78 is 133. The van der Waals surface area contributed by atoms with Gasteiger partial charge in [0.1, 0.15) is 5.75 Å². The molecule has 0 aliphatic carbocycles. The summed E-state index contributed by atoms with van der Waals surface area (Å²) in [5.41, 5.74) is -4.58. The zero-order valence-corrected chi connectivity index (χ0v) is 11.5. The fourth-order valence-corrected chi connectivity index (χ4v) is 1.94. The molecule has 2 aromatic carbocycles. The molecule has 25 heavy (non-hydrogen) atoms. The van der Waals surface area contributed by atoms with Gasteiger partial charge in [0, 0.05) is 0 Å². The van der Waals surface area contributed by atoms with Gasteiger partial charge in [0.2, 0.25) is 5.82 Å². The maximum Gasteiger partial charge on any atom is 0.416 e. The molecule has 0 radical (unpaired) electrons. The van der Waals surface area contributed by atoms with E-state index in [2.05, 4.69) is 4.74 Å². The van der Waals surface area contributed by atoms with Crippen LogP contribution in [0.15, 0.2) is 18.2 Å². The summed E-state index contributed by atoms with van der Waals surface area (Å²) in [6.45, 7) is -3.59. The van der Waals surface area contributed by atoms with E-state index in [-0.39, 0.29) is 12.1 Å². The van der Waals surface area contributed by atoms with Crippen molar-refractivity contribution in [2.45, 2.75) is 12.8 Å². The van der Waals surface area contributed by atoms with E-state index in [0.29, 0.717) is 6.07 Å². The van der Waals surface area contributed by atoms with Crippen LogP contribution < -0.4 is 4.74 Å². The van der Waals surface area contributed by atoms with E-state index in [1.165, 1.54) is 0 Å².